The van der Waals surface area contributed by atoms with Gasteiger partial charge in [0.2, 0.25) is 5.91 Å². The van der Waals surface area contributed by atoms with Crippen molar-refractivity contribution in [2.24, 2.45) is 7.05 Å². The second-order valence-electron chi connectivity index (χ2n) is 5.06. The van der Waals surface area contributed by atoms with Crippen LogP contribution in [0.3, 0.4) is 0 Å². The number of methoxy groups -OCH3 is 1. The number of thioether (sulfide) groups is 1. The summed E-state index contributed by atoms with van der Waals surface area (Å²) in [5.74, 6) is 1.50. The van der Waals surface area contributed by atoms with Crippen molar-refractivity contribution in [3.8, 4) is 17.1 Å². The van der Waals surface area contributed by atoms with Crippen molar-refractivity contribution in [2.75, 3.05) is 21.2 Å². The number of aromatic nitrogens is 3. The van der Waals surface area contributed by atoms with Crippen molar-refractivity contribution in [3.05, 3.63) is 24.3 Å². The maximum Gasteiger partial charge on any atom is 0.235 e. The van der Waals surface area contributed by atoms with Crippen LogP contribution in [0.2, 0.25) is 0 Å². The molecule has 1 unspecified atom stereocenters. The molecule has 118 valence electrons. The van der Waals surface area contributed by atoms with E-state index in [9.17, 15) is 4.79 Å². The molecule has 22 heavy (non-hydrogen) atoms. The third kappa shape index (κ3) is 3.24. The van der Waals surface area contributed by atoms with Crippen molar-refractivity contribution < 1.29 is 9.53 Å². The van der Waals surface area contributed by atoms with Gasteiger partial charge in [0.25, 0.3) is 0 Å². The summed E-state index contributed by atoms with van der Waals surface area (Å²) in [7, 11) is 7.01. The normalized spacial score (nSPS) is 12.0. The summed E-state index contributed by atoms with van der Waals surface area (Å²) < 4.78 is 7.24. The molecule has 0 bridgehead atoms. The smallest absolute Gasteiger partial charge is 0.235 e. The molecule has 6 nitrogen and oxygen atoms in total. The molecule has 0 saturated carbocycles. The number of rotatable bonds is 5. The van der Waals surface area contributed by atoms with Gasteiger partial charge in [0, 0.05) is 21.1 Å². The Hall–Kier alpha value is -2.02. The van der Waals surface area contributed by atoms with Crippen LogP contribution in [0.1, 0.15) is 6.92 Å². The molecular formula is C15H20N4O2S. The average molecular weight is 320 g/mol. The Morgan fingerprint density at radius 2 is 2.00 bits per heavy atom. The molecule has 1 aromatic heterocycles. The standard InChI is InChI=1S/C15H20N4O2S/c1-10(14(20)18(2)3)22-15-17-16-13(19(15)4)11-8-6-7-9-12(11)21-5/h6-10H,1-5H3. The lowest BCUT2D eigenvalue weighted by atomic mass is 10.2. The zero-order chi connectivity index (χ0) is 16.3. The second kappa shape index (κ2) is 6.83. The van der Waals surface area contributed by atoms with Crippen LogP contribution in [0.4, 0.5) is 0 Å². The molecule has 2 rings (SSSR count). The predicted molar refractivity (Wildman–Crippen MR) is 87.0 cm³/mol. The van der Waals surface area contributed by atoms with Gasteiger partial charge in [0.05, 0.1) is 17.9 Å². The molecule has 1 aromatic carbocycles. The lowest BCUT2D eigenvalue weighted by molar-refractivity contribution is -0.127. The van der Waals surface area contributed by atoms with Crippen LogP contribution < -0.4 is 4.74 Å². The molecule has 0 aliphatic rings. The van der Waals surface area contributed by atoms with Gasteiger partial charge in [-0.25, -0.2) is 0 Å². The maximum absolute atomic E-state index is 12.0. The fraction of sp³-hybridized carbons (Fsp3) is 0.400. The van der Waals surface area contributed by atoms with Gasteiger partial charge < -0.3 is 14.2 Å². The van der Waals surface area contributed by atoms with Crippen LogP contribution in [0.5, 0.6) is 5.75 Å². The van der Waals surface area contributed by atoms with Crippen molar-refractivity contribution >= 4 is 17.7 Å². The van der Waals surface area contributed by atoms with E-state index in [2.05, 4.69) is 10.2 Å². The SMILES string of the molecule is COc1ccccc1-c1nnc(SC(C)C(=O)N(C)C)n1C. The Balaban J connectivity index is 2.28. The van der Waals surface area contributed by atoms with E-state index >= 15 is 0 Å². The molecule has 0 aliphatic carbocycles. The number of ether oxygens (including phenoxy) is 1. The van der Waals surface area contributed by atoms with Crippen molar-refractivity contribution in [2.45, 2.75) is 17.3 Å². The highest BCUT2D eigenvalue weighted by atomic mass is 32.2. The van der Waals surface area contributed by atoms with Gasteiger partial charge in [-0.15, -0.1) is 10.2 Å². The van der Waals surface area contributed by atoms with Crippen LogP contribution in [0.25, 0.3) is 11.4 Å². The number of benzene rings is 1. The third-order valence-electron chi connectivity index (χ3n) is 3.25. The average Bonchev–Trinajstić information content (AvgIpc) is 2.87. The van der Waals surface area contributed by atoms with E-state index in [1.54, 1.807) is 26.1 Å². The summed E-state index contributed by atoms with van der Waals surface area (Å²) in [4.78, 5) is 13.5. The molecule has 7 heteroatoms. The van der Waals surface area contributed by atoms with Crippen LogP contribution in [0, 0.1) is 0 Å². The van der Waals surface area contributed by atoms with E-state index in [4.69, 9.17) is 4.74 Å². The third-order valence-corrected chi connectivity index (χ3v) is 4.38. The van der Waals surface area contributed by atoms with Crippen LogP contribution >= 0.6 is 11.8 Å². The van der Waals surface area contributed by atoms with Crippen molar-refractivity contribution in [1.29, 1.82) is 0 Å². The van der Waals surface area contributed by atoms with Gasteiger partial charge in [0.1, 0.15) is 5.75 Å². The van der Waals surface area contributed by atoms with E-state index in [0.717, 1.165) is 11.3 Å². The number of amides is 1. The Labute approximate surface area is 134 Å². The summed E-state index contributed by atoms with van der Waals surface area (Å²) in [6.45, 7) is 1.87. The first kappa shape index (κ1) is 16.4. The molecule has 0 spiro atoms. The minimum Gasteiger partial charge on any atom is -0.496 e. The van der Waals surface area contributed by atoms with Gasteiger partial charge in [0.15, 0.2) is 11.0 Å². The quantitative estimate of drug-likeness (QED) is 0.789. The van der Waals surface area contributed by atoms with Gasteiger partial charge in [-0.3, -0.25) is 4.79 Å². The summed E-state index contributed by atoms with van der Waals surface area (Å²) in [6, 6.07) is 7.66. The molecule has 1 amide bonds. The van der Waals surface area contributed by atoms with E-state index in [1.165, 1.54) is 11.8 Å². The van der Waals surface area contributed by atoms with E-state index in [0.29, 0.717) is 11.0 Å². The Morgan fingerprint density at radius 1 is 1.32 bits per heavy atom. The first-order chi connectivity index (χ1) is 10.5. The van der Waals surface area contributed by atoms with Crippen molar-refractivity contribution in [3.63, 3.8) is 0 Å². The molecule has 1 heterocycles. The van der Waals surface area contributed by atoms with E-state index in [1.807, 2.05) is 42.8 Å². The number of hydrogen-bond acceptors (Lipinski definition) is 5. The number of hydrogen-bond donors (Lipinski definition) is 0. The lowest BCUT2D eigenvalue weighted by Crippen LogP contribution is -2.29. The first-order valence-electron chi connectivity index (χ1n) is 6.86. The predicted octanol–water partition coefficient (Wildman–Crippen LogP) is 2.06. The Bertz CT molecular complexity index is 669. The van der Waals surface area contributed by atoms with Crippen LogP contribution in [-0.4, -0.2) is 52.0 Å². The minimum atomic E-state index is -0.219. The number of carbonyl (C=O) groups excluding carboxylic acids is 1. The van der Waals surface area contributed by atoms with Crippen molar-refractivity contribution in [1.82, 2.24) is 19.7 Å². The molecule has 0 saturated heterocycles. The van der Waals surface area contributed by atoms with Gasteiger partial charge in [-0.1, -0.05) is 23.9 Å². The zero-order valence-corrected chi connectivity index (χ0v) is 14.2. The summed E-state index contributed by atoms with van der Waals surface area (Å²) in [5.41, 5.74) is 0.874. The molecule has 0 aliphatic heterocycles. The highest BCUT2D eigenvalue weighted by Crippen LogP contribution is 2.31. The molecule has 2 aromatic rings. The molecule has 0 fully saturated rings. The molecule has 0 N–H and O–H groups in total. The Kier molecular flexibility index (Phi) is 5.07. The number of carbonyl (C=O) groups is 1. The minimum absolute atomic E-state index is 0.0480. The largest absolute Gasteiger partial charge is 0.496 e. The number of nitrogens with zero attached hydrogens (tertiary/aromatic N) is 4. The van der Waals surface area contributed by atoms with Gasteiger partial charge in [-0.2, -0.15) is 0 Å². The summed E-state index contributed by atoms with van der Waals surface area (Å²) in [6.07, 6.45) is 0. The Morgan fingerprint density at radius 3 is 2.64 bits per heavy atom. The highest BCUT2D eigenvalue weighted by molar-refractivity contribution is 8.00. The van der Waals surface area contributed by atoms with Crippen LogP contribution in [0.15, 0.2) is 29.4 Å². The summed E-state index contributed by atoms with van der Waals surface area (Å²) in [5, 5.41) is 8.92. The highest BCUT2D eigenvalue weighted by Gasteiger charge is 2.21. The number of para-hydroxylation sites is 1. The first-order valence-corrected chi connectivity index (χ1v) is 7.74. The van der Waals surface area contributed by atoms with Crippen LogP contribution in [-0.2, 0) is 11.8 Å². The monoisotopic (exact) mass is 320 g/mol. The van der Waals surface area contributed by atoms with Gasteiger partial charge >= 0.3 is 0 Å². The molecular weight excluding hydrogens is 300 g/mol. The maximum atomic E-state index is 12.0. The fourth-order valence-corrected chi connectivity index (χ4v) is 3.01. The van der Waals surface area contributed by atoms with E-state index in [-0.39, 0.29) is 11.2 Å². The topological polar surface area (TPSA) is 60.3 Å². The molecule has 0 radical (unpaired) electrons. The summed E-state index contributed by atoms with van der Waals surface area (Å²) >= 11 is 1.39. The van der Waals surface area contributed by atoms with Gasteiger partial charge in [-0.05, 0) is 19.1 Å². The lowest BCUT2D eigenvalue weighted by Gasteiger charge is -2.15. The van der Waals surface area contributed by atoms with E-state index < -0.39 is 0 Å². The second-order valence-corrected chi connectivity index (χ2v) is 6.37. The zero-order valence-electron chi connectivity index (χ0n) is 13.4. The fourth-order valence-electron chi connectivity index (χ4n) is 2.05. The molecule has 1 atom stereocenters.